The van der Waals surface area contributed by atoms with E-state index in [4.69, 9.17) is 9.83 Å². The van der Waals surface area contributed by atoms with Gasteiger partial charge < -0.3 is 14.4 Å². The zero-order valence-electron chi connectivity index (χ0n) is 13.1. The van der Waals surface area contributed by atoms with Crippen molar-refractivity contribution in [2.45, 2.75) is 6.54 Å². The third-order valence-corrected chi connectivity index (χ3v) is 4.83. The van der Waals surface area contributed by atoms with E-state index in [0.29, 0.717) is 22.8 Å². The van der Waals surface area contributed by atoms with Crippen LogP contribution in [0.1, 0.15) is 10.8 Å². The molecule has 1 aliphatic heterocycles. The number of hydrogen-bond acceptors (Lipinski definition) is 5. The molecule has 1 aliphatic rings. The summed E-state index contributed by atoms with van der Waals surface area (Å²) in [6, 6.07) is 9.70. The molecule has 0 amide bonds. The summed E-state index contributed by atoms with van der Waals surface area (Å²) in [6.45, 7) is 0.663. The van der Waals surface area contributed by atoms with Crippen LogP contribution >= 0.6 is 11.3 Å². The predicted molar refractivity (Wildman–Crippen MR) is 93.9 cm³/mol. The molecule has 4 rings (SSSR count). The highest BCUT2D eigenvalue weighted by Gasteiger charge is 2.30. The van der Waals surface area contributed by atoms with Crippen molar-refractivity contribution in [1.29, 1.82) is 5.41 Å². The summed E-state index contributed by atoms with van der Waals surface area (Å²) >= 11 is 1.35. The lowest BCUT2D eigenvalue weighted by Gasteiger charge is -2.16. The summed E-state index contributed by atoms with van der Waals surface area (Å²) in [5.41, 5.74) is 1.92. The summed E-state index contributed by atoms with van der Waals surface area (Å²) in [5.74, 6) is 0.765. The molecule has 3 heterocycles. The SMILES string of the molecule is N=C1C(c2nc(-c3ccc(F)cc3)cs2)=C(O)CN1Cc1ccco1. The average molecular weight is 355 g/mol. The minimum atomic E-state index is -0.300. The molecule has 0 atom stereocenters. The highest BCUT2D eigenvalue weighted by atomic mass is 32.1. The van der Waals surface area contributed by atoms with Gasteiger partial charge in [0.25, 0.3) is 0 Å². The quantitative estimate of drug-likeness (QED) is 0.732. The lowest BCUT2D eigenvalue weighted by Crippen LogP contribution is -2.25. The zero-order valence-corrected chi connectivity index (χ0v) is 13.9. The second-order valence-corrected chi connectivity index (χ2v) is 6.51. The van der Waals surface area contributed by atoms with Crippen LogP contribution in [0, 0.1) is 11.2 Å². The molecule has 3 aromatic rings. The number of hydrogen-bond donors (Lipinski definition) is 2. The zero-order chi connectivity index (χ0) is 17.4. The predicted octanol–water partition coefficient (Wildman–Crippen LogP) is 4.30. The Bertz CT molecular complexity index is 945. The van der Waals surface area contributed by atoms with E-state index in [9.17, 15) is 9.50 Å². The number of nitrogens with zero attached hydrogens (tertiary/aromatic N) is 2. The van der Waals surface area contributed by atoms with Crippen LogP contribution in [0.3, 0.4) is 0 Å². The highest BCUT2D eigenvalue weighted by Crippen LogP contribution is 2.32. The van der Waals surface area contributed by atoms with E-state index in [1.54, 1.807) is 29.4 Å². The van der Waals surface area contributed by atoms with Crippen molar-refractivity contribution in [2.24, 2.45) is 0 Å². The smallest absolute Gasteiger partial charge is 0.135 e. The van der Waals surface area contributed by atoms with Gasteiger partial charge in [-0.1, -0.05) is 0 Å². The molecular weight excluding hydrogens is 341 g/mol. The third-order valence-electron chi connectivity index (χ3n) is 3.97. The van der Waals surface area contributed by atoms with Crippen LogP contribution in [0.5, 0.6) is 0 Å². The number of amidine groups is 1. The first kappa shape index (κ1) is 15.6. The topological polar surface area (TPSA) is 73.3 Å². The molecule has 0 saturated carbocycles. The Labute approximate surface area is 147 Å². The van der Waals surface area contributed by atoms with E-state index in [0.717, 1.165) is 11.3 Å². The number of aliphatic hydroxyl groups excluding tert-OH is 1. The molecule has 25 heavy (non-hydrogen) atoms. The van der Waals surface area contributed by atoms with Crippen LogP contribution < -0.4 is 0 Å². The molecule has 5 nitrogen and oxygen atoms in total. The Morgan fingerprint density at radius 1 is 1.28 bits per heavy atom. The van der Waals surface area contributed by atoms with Crippen LogP contribution in [0.15, 0.2) is 58.2 Å². The number of aromatic nitrogens is 1. The lowest BCUT2D eigenvalue weighted by molar-refractivity contribution is 0.328. The molecule has 0 spiro atoms. The molecule has 0 aliphatic carbocycles. The molecule has 2 N–H and O–H groups in total. The molecule has 0 radical (unpaired) electrons. The van der Waals surface area contributed by atoms with E-state index < -0.39 is 0 Å². The van der Waals surface area contributed by atoms with E-state index in [1.165, 1.54) is 23.5 Å². The van der Waals surface area contributed by atoms with Gasteiger partial charge in [-0.05, 0) is 36.4 Å². The number of furan rings is 1. The standard InChI is InChI=1S/C18H14FN3O2S/c19-12-5-3-11(4-6-12)14-10-25-18(21-14)16-15(23)9-22(17(16)20)8-13-2-1-7-24-13/h1-7,10,20,23H,8-9H2. The van der Waals surface area contributed by atoms with Crippen LogP contribution in [-0.4, -0.2) is 27.4 Å². The number of thiazole rings is 1. The fraction of sp³-hybridized carbons (Fsp3) is 0.111. The molecule has 126 valence electrons. The van der Waals surface area contributed by atoms with E-state index in [-0.39, 0.29) is 24.0 Å². The van der Waals surface area contributed by atoms with Crippen molar-refractivity contribution in [2.75, 3.05) is 6.54 Å². The van der Waals surface area contributed by atoms with Gasteiger partial charge in [0.1, 0.15) is 28.2 Å². The largest absolute Gasteiger partial charge is 0.510 e. The minimum Gasteiger partial charge on any atom is -0.510 e. The maximum absolute atomic E-state index is 13.1. The summed E-state index contributed by atoms with van der Waals surface area (Å²) < 4.78 is 18.4. The molecule has 1 aromatic carbocycles. The lowest BCUT2D eigenvalue weighted by atomic mass is 10.2. The van der Waals surface area contributed by atoms with Gasteiger partial charge in [0.15, 0.2) is 0 Å². The summed E-state index contributed by atoms with van der Waals surface area (Å²) in [5, 5.41) is 21.1. The van der Waals surface area contributed by atoms with Gasteiger partial charge in [-0.2, -0.15) is 0 Å². The van der Waals surface area contributed by atoms with Gasteiger partial charge in [-0.3, -0.25) is 5.41 Å². The van der Waals surface area contributed by atoms with Crippen LogP contribution in [0.4, 0.5) is 4.39 Å². The van der Waals surface area contributed by atoms with Gasteiger partial charge in [-0.25, -0.2) is 9.37 Å². The molecule has 2 aromatic heterocycles. The van der Waals surface area contributed by atoms with Gasteiger partial charge in [0, 0.05) is 10.9 Å². The summed E-state index contributed by atoms with van der Waals surface area (Å²) in [7, 11) is 0. The van der Waals surface area contributed by atoms with Crippen molar-refractivity contribution < 1.29 is 13.9 Å². The Balaban J connectivity index is 1.58. The number of rotatable bonds is 4. The molecule has 0 fully saturated rings. The Hall–Kier alpha value is -2.93. The highest BCUT2D eigenvalue weighted by molar-refractivity contribution is 7.11. The molecular formula is C18H14FN3O2S. The molecule has 7 heteroatoms. The van der Waals surface area contributed by atoms with Gasteiger partial charge in [0.05, 0.1) is 30.6 Å². The number of halogens is 1. The van der Waals surface area contributed by atoms with E-state index in [2.05, 4.69) is 4.98 Å². The van der Waals surface area contributed by atoms with Crippen molar-refractivity contribution in [1.82, 2.24) is 9.88 Å². The van der Waals surface area contributed by atoms with Crippen LogP contribution in [0.25, 0.3) is 16.8 Å². The average Bonchev–Trinajstić information content (AvgIpc) is 3.31. The Morgan fingerprint density at radius 2 is 2.08 bits per heavy atom. The summed E-state index contributed by atoms with van der Waals surface area (Å²) in [4.78, 5) is 6.24. The number of nitrogens with one attached hydrogen (secondary N) is 1. The fourth-order valence-electron chi connectivity index (χ4n) is 2.73. The van der Waals surface area contributed by atoms with Crippen molar-refractivity contribution in [3.05, 3.63) is 70.4 Å². The number of benzene rings is 1. The minimum absolute atomic E-state index is 0.122. The Kier molecular flexibility index (Phi) is 3.85. The molecule has 0 unspecified atom stereocenters. The first-order valence-corrected chi connectivity index (χ1v) is 8.50. The van der Waals surface area contributed by atoms with Crippen molar-refractivity contribution >= 4 is 22.7 Å². The second kappa shape index (κ2) is 6.18. The van der Waals surface area contributed by atoms with Gasteiger partial charge in [0.2, 0.25) is 0 Å². The van der Waals surface area contributed by atoms with Crippen LogP contribution in [-0.2, 0) is 6.54 Å². The Morgan fingerprint density at radius 3 is 2.80 bits per heavy atom. The van der Waals surface area contributed by atoms with Crippen LogP contribution in [0.2, 0.25) is 0 Å². The maximum Gasteiger partial charge on any atom is 0.135 e. The summed E-state index contributed by atoms with van der Waals surface area (Å²) in [6.07, 6.45) is 1.58. The van der Waals surface area contributed by atoms with Gasteiger partial charge >= 0.3 is 0 Å². The van der Waals surface area contributed by atoms with E-state index in [1.807, 2.05) is 11.4 Å². The van der Waals surface area contributed by atoms with Crippen molar-refractivity contribution in [3.8, 4) is 11.3 Å². The second-order valence-electron chi connectivity index (χ2n) is 5.65. The van der Waals surface area contributed by atoms with E-state index >= 15 is 0 Å². The molecule has 0 bridgehead atoms. The normalized spacial score (nSPS) is 14.6. The van der Waals surface area contributed by atoms with Gasteiger partial charge in [-0.15, -0.1) is 11.3 Å². The first-order chi connectivity index (χ1) is 12.1. The van der Waals surface area contributed by atoms with Crippen molar-refractivity contribution in [3.63, 3.8) is 0 Å². The molecule has 0 saturated heterocycles. The fourth-order valence-corrected chi connectivity index (χ4v) is 3.62. The monoisotopic (exact) mass is 355 g/mol. The first-order valence-electron chi connectivity index (χ1n) is 7.62. The number of aliphatic hydroxyl groups is 1. The third kappa shape index (κ3) is 2.94. The maximum atomic E-state index is 13.1.